The Kier molecular flexibility index (Phi) is 2.32. The second kappa shape index (κ2) is 3.29. The molecule has 1 unspecified atom stereocenters. The number of fused-ring (bicyclic) bond motifs is 1. The Labute approximate surface area is 90.2 Å². The summed E-state index contributed by atoms with van der Waals surface area (Å²) in [6, 6.07) is 5.87. The summed E-state index contributed by atoms with van der Waals surface area (Å²) >= 11 is 0.446. The van der Waals surface area contributed by atoms with E-state index >= 15 is 0 Å². The third-order valence-electron chi connectivity index (χ3n) is 1.69. The first-order chi connectivity index (χ1) is 6.91. The summed E-state index contributed by atoms with van der Waals surface area (Å²) in [7, 11) is -3.88. The molecular formula is C7H6N2O4S2. The average molecular weight is 246 g/mol. The van der Waals surface area contributed by atoms with E-state index in [0.717, 1.165) is 0 Å². The predicted octanol–water partition coefficient (Wildman–Crippen LogP) is 1.13. The highest BCUT2D eigenvalue weighted by atomic mass is 32.2. The van der Waals surface area contributed by atoms with Gasteiger partial charge >= 0.3 is 0 Å². The molecule has 0 amide bonds. The Morgan fingerprint density at radius 3 is 2.80 bits per heavy atom. The van der Waals surface area contributed by atoms with Crippen LogP contribution in [0.2, 0.25) is 0 Å². The van der Waals surface area contributed by atoms with E-state index < -0.39 is 14.2 Å². The van der Waals surface area contributed by atoms with Crippen molar-refractivity contribution in [2.45, 2.75) is 9.79 Å². The van der Waals surface area contributed by atoms with E-state index in [1.54, 1.807) is 6.07 Å². The molecule has 0 saturated heterocycles. The van der Waals surface area contributed by atoms with Crippen LogP contribution in [0.5, 0.6) is 0 Å². The van der Waals surface area contributed by atoms with Crippen molar-refractivity contribution in [1.29, 1.82) is 0 Å². The highest BCUT2D eigenvalue weighted by Crippen LogP contribution is 2.34. The molecule has 0 saturated carbocycles. The van der Waals surface area contributed by atoms with Crippen LogP contribution in [0.4, 0.5) is 0 Å². The van der Waals surface area contributed by atoms with Gasteiger partial charge in [-0.2, -0.15) is 13.6 Å². The Bertz CT molecular complexity index is 524. The van der Waals surface area contributed by atoms with Crippen molar-refractivity contribution in [3.05, 3.63) is 29.5 Å². The van der Waals surface area contributed by atoms with Crippen LogP contribution in [-0.4, -0.2) is 24.2 Å². The second-order valence-corrected chi connectivity index (χ2v) is 5.54. The lowest BCUT2D eigenvalue weighted by Crippen LogP contribution is -2.27. The lowest BCUT2D eigenvalue weighted by Gasteiger charge is -2.22. The summed E-state index contributed by atoms with van der Waals surface area (Å²) in [6.07, 6.45) is 0.431. The van der Waals surface area contributed by atoms with Crippen molar-refractivity contribution < 1.29 is 17.8 Å². The molecule has 1 aromatic carbocycles. The topological polar surface area (TPSA) is 89.8 Å². The fourth-order valence-electron chi connectivity index (χ4n) is 1.08. The minimum atomic E-state index is -3.88. The molecule has 0 bridgehead atoms. The zero-order valence-corrected chi connectivity index (χ0v) is 8.90. The lowest BCUT2D eigenvalue weighted by molar-refractivity contribution is -0.865. The second-order valence-electron chi connectivity index (χ2n) is 2.80. The number of quaternary nitrogens is 1. The maximum atomic E-state index is 11.5. The maximum Gasteiger partial charge on any atom is 0.288 e. The van der Waals surface area contributed by atoms with Gasteiger partial charge < -0.3 is 5.21 Å². The van der Waals surface area contributed by atoms with Crippen molar-refractivity contribution in [3.8, 4) is 0 Å². The summed E-state index contributed by atoms with van der Waals surface area (Å²) in [6.45, 7) is 0. The number of benzene rings is 1. The van der Waals surface area contributed by atoms with E-state index in [0.29, 0.717) is 18.3 Å². The van der Waals surface area contributed by atoms with Gasteiger partial charge in [-0.1, -0.05) is 12.1 Å². The number of rotatable bonds is 0. The smallest absolute Gasteiger partial charge is 0.288 e. The molecule has 0 radical (unpaired) electrons. The molecule has 0 aliphatic carbocycles. The van der Waals surface area contributed by atoms with E-state index in [1.807, 2.05) is 0 Å². The summed E-state index contributed by atoms with van der Waals surface area (Å²) in [5, 5.41) is 20.4. The monoisotopic (exact) mass is 246 g/mol. The first-order valence-corrected chi connectivity index (χ1v) is 6.05. The van der Waals surface area contributed by atoms with Gasteiger partial charge in [0.15, 0.2) is 11.9 Å². The van der Waals surface area contributed by atoms with Crippen LogP contribution in [-0.2, 0) is 10.0 Å². The normalized spacial score (nSPS) is 28.1. The Morgan fingerprint density at radius 1 is 1.40 bits per heavy atom. The van der Waals surface area contributed by atoms with Crippen LogP contribution in [0.1, 0.15) is 0 Å². The molecule has 1 aromatic rings. The van der Waals surface area contributed by atoms with Crippen molar-refractivity contribution in [1.82, 2.24) is 0 Å². The number of nitrogens with zero attached hydrogens (tertiary/aromatic N) is 2. The molecule has 1 aliphatic heterocycles. The average Bonchev–Trinajstić information content (AvgIpc) is 2.23. The summed E-state index contributed by atoms with van der Waals surface area (Å²) in [4.78, 5) is 0.101. The van der Waals surface area contributed by atoms with Gasteiger partial charge in [0.2, 0.25) is 6.34 Å². The van der Waals surface area contributed by atoms with Gasteiger partial charge in [0, 0.05) is 0 Å². The number of hydrogen-bond acceptors (Lipinski definition) is 5. The van der Waals surface area contributed by atoms with Crippen LogP contribution in [0.15, 0.2) is 38.5 Å². The molecule has 8 heteroatoms. The minimum Gasteiger partial charge on any atom is -0.580 e. The van der Waals surface area contributed by atoms with Gasteiger partial charge in [-0.05, 0) is 12.1 Å². The Morgan fingerprint density at radius 2 is 2.07 bits per heavy atom. The van der Waals surface area contributed by atoms with Crippen LogP contribution in [0.25, 0.3) is 0 Å². The van der Waals surface area contributed by atoms with Crippen molar-refractivity contribution in [3.63, 3.8) is 0 Å². The molecule has 15 heavy (non-hydrogen) atoms. The first kappa shape index (κ1) is 10.6. The van der Waals surface area contributed by atoms with E-state index in [2.05, 4.69) is 4.40 Å². The van der Waals surface area contributed by atoms with Gasteiger partial charge in [-0.25, -0.2) is 0 Å². The van der Waals surface area contributed by atoms with Crippen LogP contribution in [0, 0.1) is 5.21 Å². The van der Waals surface area contributed by atoms with Gasteiger partial charge in [-0.15, -0.1) is 8.61 Å². The Hall–Kier alpha value is -0.930. The van der Waals surface area contributed by atoms with E-state index in [4.69, 9.17) is 5.21 Å². The highest BCUT2D eigenvalue weighted by Gasteiger charge is 2.29. The quantitative estimate of drug-likeness (QED) is 0.421. The summed E-state index contributed by atoms with van der Waals surface area (Å²) in [5.74, 6) is 0. The zero-order valence-electron chi connectivity index (χ0n) is 7.27. The van der Waals surface area contributed by atoms with E-state index in [1.165, 1.54) is 18.2 Å². The van der Waals surface area contributed by atoms with Crippen molar-refractivity contribution in [2.75, 3.05) is 0 Å². The van der Waals surface area contributed by atoms with Crippen molar-refractivity contribution in [2.24, 2.45) is 4.40 Å². The molecule has 1 atom stereocenters. The molecule has 0 spiro atoms. The summed E-state index contributed by atoms with van der Waals surface area (Å²) < 4.78 is 24.2. The minimum absolute atomic E-state index is 0.0730. The fourth-order valence-corrected chi connectivity index (χ4v) is 3.18. The van der Waals surface area contributed by atoms with Crippen LogP contribution in [0.3, 0.4) is 0 Å². The molecular weight excluding hydrogens is 240 g/mol. The van der Waals surface area contributed by atoms with Gasteiger partial charge in [0.05, 0.1) is 4.90 Å². The molecule has 2 rings (SSSR count). The third-order valence-corrected chi connectivity index (χ3v) is 4.01. The zero-order chi connectivity index (χ0) is 11.1. The maximum absolute atomic E-state index is 11.5. The van der Waals surface area contributed by atoms with Crippen LogP contribution >= 0.6 is 11.9 Å². The largest absolute Gasteiger partial charge is 0.580 e. The Balaban J connectivity index is 2.70. The van der Waals surface area contributed by atoms with Gasteiger partial charge in [0.1, 0.15) is 4.90 Å². The SMILES string of the molecule is O=S1(=O)N=C[N+]([O-])(O)Sc2ccccc21. The molecule has 80 valence electrons. The number of hydrogen-bond donors (Lipinski definition) is 1. The fraction of sp³-hybridized carbons (Fsp3) is 0. The lowest BCUT2D eigenvalue weighted by atomic mass is 10.4. The molecule has 6 nitrogen and oxygen atoms in total. The molecule has 0 fully saturated rings. The van der Waals surface area contributed by atoms with E-state index in [9.17, 15) is 13.6 Å². The summed E-state index contributed by atoms with van der Waals surface area (Å²) in [5.41, 5.74) is 0. The predicted molar refractivity (Wildman–Crippen MR) is 53.4 cm³/mol. The number of sulfonamides is 1. The van der Waals surface area contributed by atoms with Gasteiger partial charge in [0.25, 0.3) is 10.0 Å². The van der Waals surface area contributed by atoms with Gasteiger partial charge in [-0.3, -0.25) is 0 Å². The van der Waals surface area contributed by atoms with Crippen LogP contribution < -0.4 is 0 Å². The van der Waals surface area contributed by atoms with Crippen molar-refractivity contribution >= 4 is 28.3 Å². The standard InChI is InChI=1S/C7H6N2O4S2/c10-9(11)5-8-15(12,13)7-4-2-1-3-6(7)14-9/h1-5,10H. The third kappa shape index (κ3) is 2.03. The molecule has 1 heterocycles. The molecule has 0 aromatic heterocycles. The first-order valence-electron chi connectivity index (χ1n) is 3.83. The molecule has 1 aliphatic rings. The highest BCUT2D eigenvalue weighted by molar-refractivity contribution is 7.96. The van der Waals surface area contributed by atoms with E-state index in [-0.39, 0.29) is 9.79 Å². The number of hydroxylamine groups is 2. The molecule has 1 N–H and O–H groups in total.